The fraction of sp³-hybridized carbons (Fsp3) is 0.0909. The minimum atomic E-state index is -0.522. The summed E-state index contributed by atoms with van der Waals surface area (Å²) in [4.78, 5) is 23.3. The zero-order valence-corrected chi connectivity index (χ0v) is 13.3. The van der Waals surface area contributed by atoms with Crippen molar-refractivity contribution in [3.8, 4) is 5.75 Å². The fourth-order valence-corrected chi connectivity index (χ4v) is 2.72. The molecule has 1 aromatic carbocycles. The van der Waals surface area contributed by atoms with Crippen LogP contribution in [0.2, 0.25) is 0 Å². The summed E-state index contributed by atoms with van der Waals surface area (Å²) in [6, 6.07) is 3.22. The van der Waals surface area contributed by atoms with Gasteiger partial charge in [0.15, 0.2) is 5.75 Å². The van der Waals surface area contributed by atoms with Crippen molar-refractivity contribution in [1.82, 2.24) is 14.9 Å². The molecule has 1 aromatic heterocycles. The molecular weight excluding hydrogens is 396 g/mol. The molecule has 1 amide bonds. The Bertz CT molecular complexity index is 658. The average molecular weight is 404 g/mol. The number of benzene rings is 1. The number of carbonyl (C=O) groups excluding carboxylic acids is 2. The van der Waals surface area contributed by atoms with Crippen molar-refractivity contribution in [3.63, 3.8) is 0 Å². The van der Waals surface area contributed by atoms with Crippen molar-refractivity contribution in [2.45, 2.75) is 6.92 Å². The minimum Gasteiger partial charge on any atom is -0.425 e. The van der Waals surface area contributed by atoms with Gasteiger partial charge in [-0.15, -0.1) is 10.2 Å². The van der Waals surface area contributed by atoms with Crippen molar-refractivity contribution >= 4 is 43.7 Å². The summed E-state index contributed by atoms with van der Waals surface area (Å²) < 4.78 is 7.49. The Hall–Kier alpha value is -1.74. The first kappa shape index (κ1) is 14.7. The molecule has 0 unspecified atom stereocenters. The van der Waals surface area contributed by atoms with Crippen LogP contribution in [0.4, 0.5) is 0 Å². The SMILES string of the molecule is CC(=O)Oc1c(Br)cc(Br)cc1C(=O)Nn1cnnc1. The maximum Gasteiger partial charge on any atom is 0.308 e. The lowest BCUT2D eigenvalue weighted by Gasteiger charge is -2.12. The Morgan fingerprint density at radius 1 is 1.25 bits per heavy atom. The summed E-state index contributed by atoms with van der Waals surface area (Å²) in [6.07, 6.45) is 2.66. The van der Waals surface area contributed by atoms with Gasteiger partial charge in [-0.1, -0.05) is 15.9 Å². The number of amides is 1. The number of esters is 1. The van der Waals surface area contributed by atoms with Crippen LogP contribution in [0.25, 0.3) is 0 Å². The van der Waals surface area contributed by atoms with Crippen molar-refractivity contribution in [2.75, 3.05) is 5.43 Å². The number of ether oxygens (including phenoxy) is 1. The first-order valence-electron chi connectivity index (χ1n) is 5.31. The van der Waals surface area contributed by atoms with Gasteiger partial charge in [-0.05, 0) is 28.1 Å². The maximum absolute atomic E-state index is 12.2. The molecule has 0 saturated carbocycles. The average Bonchev–Trinajstić information content (AvgIpc) is 2.84. The molecule has 1 heterocycles. The number of nitrogens with one attached hydrogen (secondary N) is 1. The van der Waals surface area contributed by atoms with Gasteiger partial charge in [-0.25, -0.2) is 4.68 Å². The molecule has 104 valence electrons. The fourth-order valence-electron chi connectivity index (χ4n) is 1.41. The highest BCUT2D eigenvalue weighted by Gasteiger charge is 2.18. The van der Waals surface area contributed by atoms with Gasteiger partial charge in [0.2, 0.25) is 0 Å². The first-order chi connectivity index (χ1) is 9.47. The summed E-state index contributed by atoms with van der Waals surface area (Å²) in [5, 5.41) is 7.14. The van der Waals surface area contributed by atoms with E-state index in [1.165, 1.54) is 24.3 Å². The van der Waals surface area contributed by atoms with Crippen molar-refractivity contribution in [2.24, 2.45) is 0 Å². The van der Waals surface area contributed by atoms with Crippen LogP contribution >= 0.6 is 31.9 Å². The molecule has 0 aliphatic carbocycles. The van der Waals surface area contributed by atoms with Crippen LogP contribution in [0.3, 0.4) is 0 Å². The van der Waals surface area contributed by atoms with Gasteiger partial charge in [0.25, 0.3) is 5.91 Å². The van der Waals surface area contributed by atoms with Crippen molar-refractivity contribution in [1.29, 1.82) is 0 Å². The van der Waals surface area contributed by atoms with Crippen LogP contribution in [-0.4, -0.2) is 26.7 Å². The minimum absolute atomic E-state index is 0.145. The summed E-state index contributed by atoms with van der Waals surface area (Å²) >= 11 is 6.53. The summed E-state index contributed by atoms with van der Waals surface area (Å²) in [5.74, 6) is -0.847. The van der Waals surface area contributed by atoms with E-state index in [4.69, 9.17) is 4.74 Å². The van der Waals surface area contributed by atoms with Crippen LogP contribution in [0.1, 0.15) is 17.3 Å². The van der Waals surface area contributed by atoms with E-state index in [1.807, 2.05) is 0 Å². The van der Waals surface area contributed by atoms with E-state index in [0.717, 1.165) is 0 Å². The molecule has 0 bridgehead atoms. The number of nitrogens with zero attached hydrogens (tertiary/aromatic N) is 3. The smallest absolute Gasteiger partial charge is 0.308 e. The molecule has 0 atom stereocenters. The molecule has 1 N–H and O–H groups in total. The van der Waals surface area contributed by atoms with Gasteiger partial charge in [-0.2, -0.15) is 0 Å². The Kier molecular flexibility index (Phi) is 4.50. The van der Waals surface area contributed by atoms with Crippen LogP contribution in [0.5, 0.6) is 5.75 Å². The molecule has 0 aliphatic rings. The Balaban J connectivity index is 2.38. The van der Waals surface area contributed by atoms with Crippen molar-refractivity contribution in [3.05, 3.63) is 39.3 Å². The molecule has 0 radical (unpaired) electrons. The topological polar surface area (TPSA) is 86.1 Å². The van der Waals surface area contributed by atoms with Crippen molar-refractivity contribution < 1.29 is 14.3 Å². The Morgan fingerprint density at radius 2 is 1.90 bits per heavy atom. The number of hydrogen-bond acceptors (Lipinski definition) is 5. The van der Waals surface area contributed by atoms with Crippen LogP contribution in [0.15, 0.2) is 33.7 Å². The molecular formula is C11H8Br2N4O3. The van der Waals surface area contributed by atoms with Crippen LogP contribution in [0, 0.1) is 0 Å². The number of rotatable bonds is 3. The zero-order chi connectivity index (χ0) is 14.7. The third kappa shape index (κ3) is 3.42. The summed E-state index contributed by atoms with van der Waals surface area (Å²) in [5.41, 5.74) is 2.72. The van der Waals surface area contributed by atoms with E-state index in [1.54, 1.807) is 12.1 Å². The monoisotopic (exact) mass is 402 g/mol. The van der Waals surface area contributed by atoms with E-state index in [9.17, 15) is 9.59 Å². The van der Waals surface area contributed by atoms with Gasteiger partial charge < -0.3 is 4.74 Å². The second-order valence-corrected chi connectivity index (χ2v) is 5.44. The highest BCUT2D eigenvalue weighted by molar-refractivity contribution is 9.11. The quantitative estimate of drug-likeness (QED) is 0.626. The van der Waals surface area contributed by atoms with E-state index >= 15 is 0 Å². The van der Waals surface area contributed by atoms with Gasteiger partial charge in [-0.3, -0.25) is 15.0 Å². The normalized spacial score (nSPS) is 10.2. The van der Waals surface area contributed by atoms with Gasteiger partial charge in [0.05, 0.1) is 10.0 Å². The van der Waals surface area contributed by atoms with Crippen LogP contribution < -0.4 is 10.2 Å². The van der Waals surface area contributed by atoms with Crippen LogP contribution in [-0.2, 0) is 4.79 Å². The van der Waals surface area contributed by atoms with E-state index in [2.05, 4.69) is 47.5 Å². The second kappa shape index (κ2) is 6.14. The number of aromatic nitrogens is 3. The first-order valence-corrected chi connectivity index (χ1v) is 6.89. The van der Waals surface area contributed by atoms with E-state index < -0.39 is 11.9 Å². The summed E-state index contributed by atoms with van der Waals surface area (Å²) in [6.45, 7) is 1.26. The Morgan fingerprint density at radius 3 is 2.50 bits per heavy atom. The molecule has 20 heavy (non-hydrogen) atoms. The summed E-state index contributed by atoms with van der Waals surface area (Å²) in [7, 11) is 0. The molecule has 9 heteroatoms. The number of carbonyl (C=O) groups is 2. The second-order valence-electron chi connectivity index (χ2n) is 3.67. The third-order valence-electron chi connectivity index (χ3n) is 2.15. The van der Waals surface area contributed by atoms with E-state index in [-0.39, 0.29) is 11.3 Å². The number of halogens is 2. The largest absolute Gasteiger partial charge is 0.425 e. The maximum atomic E-state index is 12.2. The molecule has 0 fully saturated rings. The third-order valence-corrected chi connectivity index (χ3v) is 3.20. The number of hydrogen-bond donors (Lipinski definition) is 1. The highest BCUT2D eigenvalue weighted by Crippen LogP contribution is 2.33. The molecule has 0 saturated heterocycles. The standard InChI is InChI=1S/C11H8Br2N4O3/c1-6(18)20-10-8(2-7(12)3-9(10)13)11(19)16-17-4-14-15-5-17/h2-5H,1H3,(H,16,19). The highest BCUT2D eigenvalue weighted by atomic mass is 79.9. The van der Waals surface area contributed by atoms with Gasteiger partial charge in [0, 0.05) is 11.4 Å². The predicted octanol–water partition coefficient (Wildman–Crippen LogP) is 2.11. The Labute approximate surface area is 130 Å². The predicted molar refractivity (Wildman–Crippen MR) is 76.9 cm³/mol. The molecule has 2 rings (SSSR count). The lowest BCUT2D eigenvalue weighted by atomic mass is 10.2. The van der Waals surface area contributed by atoms with Gasteiger partial charge >= 0.3 is 5.97 Å². The lowest BCUT2D eigenvalue weighted by Crippen LogP contribution is -2.22. The molecule has 7 nitrogen and oxygen atoms in total. The lowest BCUT2D eigenvalue weighted by molar-refractivity contribution is -0.131. The van der Waals surface area contributed by atoms with E-state index in [0.29, 0.717) is 8.95 Å². The molecule has 0 aliphatic heterocycles. The molecule has 2 aromatic rings. The van der Waals surface area contributed by atoms with Gasteiger partial charge in [0.1, 0.15) is 12.7 Å². The molecule has 0 spiro atoms. The zero-order valence-electron chi connectivity index (χ0n) is 10.1.